The van der Waals surface area contributed by atoms with E-state index in [0.717, 1.165) is 39.0 Å². The molecule has 2 aromatic heterocycles. The molecule has 0 spiro atoms. The Bertz CT molecular complexity index is 2780. The number of benzene rings is 2. The maximum atomic E-state index is 14.8. The molecule has 2 aromatic carbocycles. The monoisotopic (exact) mass is 1020 g/mol. The quantitative estimate of drug-likeness (QED) is 0.107. The van der Waals surface area contributed by atoms with Crippen molar-refractivity contribution in [2.75, 3.05) is 73.7 Å². The van der Waals surface area contributed by atoms with Crippen LogP contribution in [-0.4, -0.2) is 173 Å². The second-order valence-corrected chi connectivity index (χ2v) is 21.4. The smallest absolute Gasteiger partial charge is 0.409 e. The highest BCUT2D eigenvalue weighted by atomic mass is 16.6. The first-order valence-electron chi connectivity index (χ1n) is 26.0. The molecule has 19 heteroatoms. The van der Waals surface area contributed by atoms with Gasteiger partial charge < -0.3 is 43.9 Å². The summed E-state index contributed by atoms with van der Waals surface area (Å²) in [4.78, 5) is 93.7. The summed E-state index contributed by atoms with van der Waals surface area (Å²) in [6.45, 7) is 15.2. The molecule has 74 heavy (non-hydrogen) atoms. The number of hydrogen-bond donors (Lipinski definition) is 3. The van der Waals surface area contributed by atoms with E-state index in [1.165, 1.54) is 21.9 Å². The van der Waals surface area contributed by atoms with E-state index >= 15 is 0 Å². The molecule has 6 bridgehead atoms. The minimum Gasteiger partial charge on any atom is -0.508 e. The largest absolute Gasteiger partial charge is 0.508 e. The number of carbonyl (C=O) groups is 6. The predicted octanol–water partition coefficient (Wildman–Crippen LogP) is 4.92. The van der Waals surface area contributed by atoms with Gasteiger partial charge in [0.15, 0.2) is 0 Å². The summed E-state index contributed by atoms with van der Waals surface area (Å²) in [5.41, 5.74) is 9.40. The van der Waals surface area contributed by atoms with E-state index in [-0.39, 0.29) is 56.0 Å². The Morgan fingerprint density at radius 2 is 1.80 bits per heavy atom. The second kappa shape index (κ2) is 22.5. The van der Waals surface area contributed by atoms with E-state index in [0.29, 0.717) is 76.1 Å². The SMILES string of the molecule is CCn1c(-c2cccnc2[C@H](C)OC)c2c3cc(ccc31)-c1cc(O)cc(c1)C[C@H](NC(=O)C(C(C)C)N(C)C(=O)CN(C)C(=O)[C@H]1CN1CCCN1CCOC1=O)C(=O)N1CCC[C@H](N1)C(=O)OCC(C)(C)C2. The molecule has 3 fully saturated rings. The maximum absolute atomic E-state index is 14.8. The van der Waals surface area contributed by atoms with Crippen molar-refractivity contribution < 1.29 is 48.1 Å². The van der Waals surface area contributed by atoms with Gasteiger partial charge in [-0.05, 0) is 104 Å². The molecule has 5 amide bonds. The molecule has 2 unspecified atom stereocenters. The van der Waals surface area contributed by atoms with Crippen molar-refractivity contribution in [2.45, 2.75) is 110 Å². The number of aromatic nitrogens is 2. The van der Waals surface area contributed by atoms with Gasteiger partial charge in [-0.2, -0.15) is 0 Å². The van der Waals surface area contributed by atoms with Crippen LogP contribution >= 0.6 is 0 Å². The summed E-state index contributed by atoms with van der Waals surface area (Å²) in [5.74, 6) is -2.70. The molecular weight excluding hydrogens is 947 g/mol. The van der Waals surface area contributed by atoms with Gasteiger partial charge in [0.1, 0.15) is 36.5 Å². The van der Waals surface area contributed by atoms with Crippen LogP contribution in [0.25, 0.3) is 33.3 Å². The third-order valence-electron chi connectivity index (χ3n) is 14.9. The number of methoxy groups -OCH3 is 1. The number of rotatable bonds is 15. The van der Waals surface area contributed by atoms with Gasteiger partial charge in [-0.15, -0.1) is 0 Å². The Hall–Kier alpha value is -6.57. The molecule has 3 saturated heterocycles. The number of hydrogen-bond acceptors (Lipinski definition) is 13. The Kier molecular flexibility index (Phi) is 16.3. The number of fused-ring (bicyclic) bond motifs is 6. The number of carbonyl (C=O) groups excluding carboxylic acids is 6. The summed E-state index contributed by atoms with van der Waals surface area (Å²) in [6.07, 6.45) is 3.22. The van der Waals surface area contributed by atoms with E-state index in [2.05, 4.69) is 54.3 Å². The fraction of sp³-hybridized carbons (Fsp3) is 0.545. The number of phenolic OH excluding ortho intramolecular Hbond substituents is 1. The molecule has 4 aliphatic heterocycles. The van der Waals surface area contributed by atoms with Crippen molar-refractivity contribution in [1.29, 1.82) is 0 Å². The van der Waals surface area contributed by atoms with Gasteiger partial charge in [0.25, 0.3) is 5.91 Å². The zero-order valence-corrected chi connectivity index (χ0v) is 44.3. The molecular formula is C55H73N9O10. The van der Waals surface area contributed by atoms with E-state index in [1.807, 2.05) is 30.0 Å². The molecule has 0 radical (unpaired) electrons. The number of hydrazine groups is 1. The number of nitrogens with one attached hydrogen (secondary N) is 2. The van der Waals surface area contributed by atoms with Crippen LogP contribution in [0.2, 0.25) is 0 Å². The van der Waals surface area contributed by atoms with Crippen molar-refractivity contribution in [2.24, 2.45) is 11.3 Å². The van der Waals surface area contributed by atoms with Gasteiger partial charge in [-0.1, -0.05) is 39.8 Å². The number of cyclic esters (lactones) is 2. The van der Waals surface area contributed by atoms with Crippen LogP contribution < -0.4 is 10.7 Å². The summed E-state index contributed by atoms with van der Waals surface area (Å²) in [6, 6.07) is 11.9. The average Bonchev–Trinajstić information content (AvgIpc) is 3.93. The Morgan fingerprint density at radius 3 is 2.51 bits per heavy atom. The molecule has 3 N–H and O–H groups in total. The fourth-order valence-electron chi connectivity index (χ4n) is 10.8. The van der Waals surface area contributed by atoms with Crippen molar-refractivity contribution in [3.63, 3.8) is 0 Å². The first-order chi connectivity index (χ1) is 35.3. The lowest BCUT2D eigenvalue weighted by molar-refractivity contribution is -0.155. The third-order valence-corrected chi connectivity index (χ3v) is 14.9. The molecule has 4 aliphatic rings. The number of aryl methyl sites for hydroxylation is 1. The van der Waals surface area contributed by atoms with E-state index < -0.39 is 53.1 Å². The van der Waals surface area contributed by atoms with Crippen LogP contribution in [0.4, 0.5) is 4.79 Å². The van der Waals surface area contributed by atoms with Crippen molar-refractivity contribution in [3.05, 3.63) is 71.5 Å². The molecule has 19 nitrogen and oxygen atoms in total. The van der Waals surface area contributed by atoms with Gasteiger partial charge >= 0.3 is 12.1 Å². The number of likely N-dealkylation sites (N-methyl/N-ethyl adjacent to an activating group) is 2. The number of aromatic hydroxyl groups is 1. The highest BCUT2D eigenvalue weighted by Crippen LogP contribution is 2.42. The van der Waals surface area contributed by atoms with Gasteiger partial charge in [-0.3, -0.25) is 38.9 Å². The van der Waals surface area contributed by atoms with Gasteiger partial charge in [0, 0.05) is 88.4 Å². The minimum absolute atomic E-state index is 0.0304. The molecule has 8 rings (SSSR count). The number of esters is 1. The lowest BCUT2D eigenvalue weighted by Gasteiger charge is -2.37. The van der Waals surface area contributed by atoms with Crippen LogP contribution in [0.3, 0.4) is 0 Å². The normalized spacial score (nSPS) is 21.7. The zero-order valence-electron chi connectivity index (χ0n) is 44.3. The molecule has 398 valence electrons. The second-order valence-electron chi connectivity index (χ2n) is 21.4. The van der Waals surface area contributed by atoms with Crippen LogP contribution in [0, 0.1) is 11.3 Å². The highest BCUT2D eigenvalue weighted by Gasteiger charge is 2.43. The molecule has 0 saturated carbocycles. The average molecular weight is 1020 g/mol. The van der Waals surface area contributed by atoms with Crippen LogP contribution in [0.15, 0.2) is 54.7 Å². The summed E-state index contributed by atoms with van der Waals surface area (Å²) < 4.78 is 19.2. The number of amides is 5. The summed E-state index contributed by atoms with van der Waals surface area (Å²) in [7, 11) is 4.75. The minimum atomic E-state index is -1.21. The van der Waals surface area contributed by atoms with Crippen LogP contribution in [-0.2, 0) is 57.6 Å². The van der Waals surface area contributed by atoms with Gasteiger partial charge in [0.05, 0.1) is 37.2 Å². The Balaban J connectivity index is 1.08. The lowest BCUT2D eigenvalue weighted by atomic mass is 9.84. The maximum Gasteiger partial charge on any atom is 0.409 e. The number of nitrogens with zero attached hydrogens (tertiary/aromatic N) is 7. The first-order valence-corrected chi connectivity index (χ1v) is 26.0. The van der Waals surface area contributed by atoms with Crippen LogP contribution in [0.1, 0.15) is 83.7 Å². The van der Waals surface area contributed by atoms with Crippen molar-refractivity contribution in [3.8, 4) is 28.1 Å². The van der Waals surface area contributed by atoms with Crippen molar-refractivity contribution >= 4 is 46.6 Å². The standard InChI is InChI=1S/C55H73N9O10/c1-10-63-44-17-16-36-28-40(44)41(49(63)39-14-11-18-56-47(39)34(4)72-9)29-55(5,6)32-74-53(70)42-15-12-21-64(58-42)51(68)43(26-35-24-37(36)27-38(65)25-35)57-50(67)48(33(2)3)60(8)46(66)31-59(7)52(69)45-30-62(45)20-13-19-61-22-23-73-54(61)71/h11,14,16-18,24-25,27-28,33-34,42-43,45,48,58,65H,10,12-13,15,19-23,26,29-32H2,1-9H3,(H,57,67)/t34-,42-,43-,45+,48?,62?/m0/s1. The van der Waals surface area contributed by atoms with Crippen LogP contribution in [0.5, 0.6) is 5.75 Å². The Labute approximate surface area is 433 Å². The number of phenols is 1. The van der Waals surface area contributed by atoms with E-state index in [1.54, 1.807) is 51.2 Å². The molecule has 6 atom stereocenters. The fourth-order valence-corrected chi connectivity index (χ4v) is 10.8. The number of pyridine rings is 1. The zero-order chi connectivity index (χ0) is 53.2. The predicted molar refractivity (Wildman–Crippen MR) is 277 cm³/mol. The van der Waals surface area contributed by atoms with Gasteiger partial charge in [-0.25, -0.2) is 10.2 Å². The summed E-state index contributed by atoms with van der Waals surface area (Å²) in [5, 5.41) is 16.7. The first kappa shape index (κ1) is 53.7. The molecule has 6 heterocycles. The lowest BCUT2D eigenvalue weighted by Crippen LogP contribution is -2.62. The molecule has 4 aromatic rings. The van der Waals surface area contributed by atoms with Crippen molar-refractivity contribution in [1.82, 2.24) is 44.9 Å². The summed E-state index contributed by atoms with van der Waals surface area (Å²) >= 11 is 0. The Morgan fingerprint density at radius 1 is 1.01 bits per heavy atom. The highest BCUT2D eigenvalue weighted by molar-refractivity contribution is 5.96. The third kappa shape index (κ3) is 11.7. The number of ether oxygens (including phenoxy) is 3. The topological polar surface area (TPSA) is 208 Å². The van der Waals surface area contributed by atoms with E-state index in [9.17, 15) is 33.9 Å². The van der Waals surface area contributed by atoms with E-state index in [4.69, 9.17) is 19.2 Å². The molecule has 0 aliphatic carbocycles. The van der Waals surface area contributed by atoms with Gasteiger partial charge in [0.2, 0.25) is 17.7 Å².